The number of carbonyl (C=O) groups excluding carboxylic acids is 3. The SMILES string of the molecule is O=C(CN1N=N[C@@H]2C(=O)N(c3ccccc3)C(=O)[C@@H]21)Nc1cccc(Cl)c1. The van der Waals surface area contributed by atoms with Crippen molar-refractivity contribution in [1.29, 1.82) is 0 Å². The van der Waals surface area contributed by atoms with Crippen molar-refractivity contribution in [2.75, 3.05) is 16.8 Å². The molecule has 1 N–H and O–H groups in total. The molecule has 0 saturated carbocycles. The van der Waals surface area contributed by atoms with E-state index in [4.69, 9.17) is 11.6 Å². The summed E-state index contributed by atoms with van der Waals surface area (Å²) in [6.07, 6.45) is 0. The van der Waals surface area contributed by atoms with Gasteiger partial charge in [0.1, 0.15) is 6.54 Å². The molecule has 0 bridgehead atoms. The van der Waals surface area contributed by atoms with E-state index < -0.39 is 29.8 Å². The highest BCUT2D eigenvalue weighted by Crippen LogP contribution is 2.31. The van der Waals surface area contributed by atoms with Crippen molar-refractivity contribution >= 4 is 40.7 Å². The smallest absolute Gasteiger partial charge is 0.263 e. The summed E-state index contributed by atoms with van der Waals surface area (Å²) >= 11 is 5.90. The largest absolute Gasteiger partial charge is 0.324 e. The van der Waals surface area contributed by atoms with Crippen molar-refractivity contribution in [3.05, 3.63) is 59.6 Å². The third kappa shape index (κ3) is 3.15. The zero-order chi connectivity index (χ0) is 19.0. The number of amides is 3. The second kappa shape index (κ2) is 6.81. The van der Waals surface area contributed by atoms with Crippen LogP contribution in [0.1, 0.15) is 0 Å². The fourth-order valence-electron chi connectivity index (χ4n) is 3.10. The van der Waals surface area contributed by atoms with Crippen LogP contribution >= 0.6 is 11.6 Å². The number of carbonyl (C=O) groups is 3. The molecule has 0 spiro atoms. The Morgan fingerprint density at radius 3 is 2.59 bits per heavy atom. The van der Waals surface area contributed by atoms with Crippen LogP contribution in [0.4, 0.5) is 11.4 Å². The molecule has 1 fully saturated rings. The quantitative estimate of drug-likeness (QED) is 0.819. The Labute approximate surface area is 159 Å². The van der Waals surface area contributed by atoms with Gasteiger partial charge in [0.2, 0.25) is 5.91 Å². The average Bonchev–Trinajstić information content (AvgIpc) is 3.16. The third-order valence-corrected chi connectivity index (χ3v) is 4.52. The molecule has 0 aromatic heterocycles. The van der Waals surface area contributed by atoms with E-state index in [0.29, 0.717) is 16.4 Å². The first-order valence-corrected chi connectivity index (χ1v) is 8.58. The summed E-state index contributed by atoms with van der Waals surface area (Å²) in [4.78, 5) is 38.7. The Kier molecular flexibility index (Phi) is 4.33. The Bertz CT molecular complexity index is 949. The molecular weight excluding hydrogens is 370 g/mol. The van der Waals surface area contributed by atoms with E-state index in [1.807, 2.05) is 0 Å². The Morgan fingerprint density at radius 1 is 1.07 bits per heavy atom. The Balaban J connectivity index is 1.48. The number of fused-ring (bicyclic) bond motifs is 1. The molecule has 8 nitrogen and oxygen atoms in total. The molecule has 2 heterocycles. The van der Waals surface area contributed by atoms with Crippen molar-refractivity contribution < 1.29 is 14.4 Å². The van der Waals surface area contributed by atoms with E-state index in [1.165, 1.54) is 5.01 Å². The monoisotopic (exact) mass is 383 g/mol. The van der Waals surface area contributed by atoms with Crippen LogP contribution in [-0.2, 0) is 14.4 Å². The van der Waals surface area contributed by atoms with Crippen molar-refractivity contribution in [1.82, 2.24) is 5.01 Å². The number of benzene rings is 2. The fourth-order valence-corrected chi connectivity index (χ4v) is 3.29. The minimum absolute atomic E-state index is 0.209. The second-order valence-corrected chi connectivity index (χ2v) is 6.53. The van der Waals surface area contributed by atoms with Gasteiger partial charge in [-0.2, -0.15) is 5.11 Å². The lowest BCUT2D eigenvalue weighted by molar-refractivity contribution is -0.123. The number of anilines is 2. The van der Waals surface area contributed by atoms with Gasteiger partial charge in [0.25, 0.3) is 11.8 Å². The molecule has 2 aliphatic rings. The predicted molar refractivity (Wildman–Crippen MR) is 98.2 cm³/mol. The summed E-state index contributed by atoms with van der Waals surface area (Å²) in [5, 5.41) is 12.2. The van der Waals surface area contributed by atoms with Crippen LogP contribution in [0.3, 0.4) is 0 Å². The standard InChI is InChI=1S/C18H14ClN5O3/c19-11-5-4-6-12(9-11)20-14(25)10-23-16-15(21-22-23)17(26)24(18(16)27)13-7-2-1-3-8-13/h1-9,15-16H,10H2,(H,20,25)/t15-,16+/m0/s1. The van der Waals surface area contributed by atoms with Crippen LogP contribution in [0.15, 0.2) is 64.9 Å². The molecule has 0 aliphatic carbocycles. The summed E-state index contributed by atoms with van der Waals surface area (Å²) in [6.45, 7) is -0.209. The minimum atomic E-state index is -0.934. The highest BCUT2D eigenvalue weighted by molar-refractivity contribution is 6.31. The second-order valence-electron chi connectivity index (χ2n) is 6.10. The van der Waals surface area contributed by atoms with E-state index >= 15 is 0 Å². The molecule has 2 atom stereocenters. The van der Waals surface area contributed by atoms with Crippen molar-refractivity contribution in [3.8, 4) is 0 Å². The van der Waals surface area contributed by atoms with Gasteiger partial charge >= 0.3 is 0 Å². The first kappa shape index (κ1) is 17.2. The number of hydrogen-bond acceptors (Lipinski definition) is 6. The number of nitrogens with one attached hydrogen (secondary N) is 1. The van der Waals surface area contributed by atoms with E-state index in [1.54, 1.807) is 54.6 Å². The molecule has 0 unspecified atom stereocenters. The maximum Gasteiger partial charge on any atom is 0.263 e. The van der Waals surface area contributed by atoms with Crippen LogP contribution < -0.4 is 10.2 Å². The molecule has 9 heteroatoms. The number of imide groups is 1. The highest BCUT2D eigenvalue weighted by atomic mass is 35.5. The number of rotatable bonds is 4. The van der Waals surface area contributed by atoms with Crippen molar-refractivity contribution in [2.24, 2.45) is 10.3 Å². The summed E-state index contributed by atoms with van der Waals surface area (Å²) < 4.78 is 0. The molecule has 4 rings (SSSR count). The van der Waals surface area contributed by atoms with Crippen molar-refractivity contribution in [3.63, 3.8) is 0 Å². The van der Waals surface area contributed by atoms with E-state index in [-0.39, 0.29) is 6.54 Å². The molecule has 2 aromatic carbocycles. The van der Waals surface area contributed by atoms with Crippen LogP contribution in [0, 0.1) is 0 Å². The molecule has 3 amide bonds. The summed E-state index contributed by atoms with van der Waals surface area (Å²) in [5.74, 6) is -1.29. The zero-order valence-electron chi connectivity index (χ0n) is 13.9. The van der Waals surface area contributed by atoms with Gasteiger partial charge in [-0.05, 0) is 30.3 Å². The molecular formula is C18H14ClN5O3. The average molecular weight is 384 g/mol. The zero-order valence-corrected chi connectivity index (χ0v) is 14.7. The molecule has 136 valence electrons. The molecule has 2 aromatic rings. The number of para-hydroxylation sites is 1. The van der Waals surface area contributed by atoms with E-state index in [2.05, 4.69) is 15.7 Å². The first-order chi connectivity index (χ1) is 13.0. The highest BCUT2D eigenvalue weighted by Gasteiger charge is 2.55. The van der Waals surface area contributed by atoms with Crippen molar-refractivity contribution in [2.45, 2.75) is 12.1 Å². The first-order valence-electron chi connectivity index (χ1n) is 8.20. The van der Waals surface area contributed by atoms with Gasteiger partial charge in [0, 0.05) is 10.7 Å². The van der Waals surface area contributed by atoms with Gasteiger partial charge in [-0.15, -0.1) is 0 Å². The van der Waals surface area contributed by atoms with Crippen LogP contribution in [-0.4, -0.2) is 41.4 Å². The summed E-state index contributed by atoms with van der Waals surface area (Å²) in [6, 6.07) is 13.5. The summed E-state index contributed by atoms with van der Waals surface area (Å²) in [5.41, 5.74) is 1.00. The normalized spacial score (nSPS) is 20.9. The van der Waals surface area contributed by atoms with E-state index in [9.17, 15) is 14.4 Å². The lowest BCUT2D eigenvalue weighted by Crippen LogP contribution is -2.43. The third-order valence-electron chi connectivity index (χ3n) is 4.29. The maximum atomic E-state index is 12.8. The van der Waals surface area contributed by atoms with Crippen LogP contribution in [0.25, 0.3) is 0 Å². The lowest BCUT2D eigenvalue weighted by atomic mass is 10.1. The van der Waals surface area contributed by atoms with Gasteiger partial charge in [-0.1, -0.05) is 41.1 Å². The minimum Gasteiger partial charge on any atom is -0.324 e. The maximum absolute atomic E-state index is 12.8. The number of halogens is 1. The van der Waals surface area contributed by atoms with Crippen LogP contribution in [0.2, 0.25) is 5.02 Å². The van der Waals surface area contributed by atoms with Gasteiger partial charge < -0.3 is 5.32 Å². The molecule has 2 aliphatic heterocycles. The molecule has 1 saturated heterocycles. The summed E-state index contributed by atoms with van der Waals surface area (Å²) in [7, 11) is 0. The topological polar surface area (TPSA) is 94.4 Å². The number of nitrogens with zero attached hydrogens (tertiary/aromatic N) is 4. The Hall–Kier alpha value is -3.26. The molecule has 27 heavy (non-hydrogen) atoms. The molecule has 0 radical (unpaired) electrons. The predicted octanol–water partition coefficient (Wildman–Crippen LogP) is 2.27. The van der Waals surface area contributed by atoms with Gasteiger partial charge in [0.15, 0.2) is 12.1 Å². The van der Waals surface area contributed by atoms with Gasteiger partial charge in [-0.3, -0.25) is 19.4 Å². The lowest BCUT2D eigenvalue weighted by Gasteiger charge is -2.20. The van der Waals surface area contributed by atoms with E-state index in [0.717, 1.165) is 4.90 Å². The Morgan fingerprint density at radius 2 is 1.85 bits per heavy atom. The fraction of sp³-hybridized carbons (Fsp3) is 0.167. The van der Waals surface area contributed by atoms with Gasteiger partial charge in [-0.25, -0.2) is 4.90 Å². The van der Waals surface area contributed by atoms with Gasteiger partial charge in [0.05, 0.1) is 5.69 Å². The number of hydrogen-bond donors (Lipinski definition) is 1. The van der Waals surface area contributed by atoms with Crippen LogP contribution in [0.5, 0.6) is 0 Å².